The topological polar surface area (TPSA) is 41.1 Å². The highest BCUT2D eigenvalue weighted by atomic mass is 16.1. The molecule has 0 aliphatic rings. The van der Waals surface area contributed by atoms with Crippen LogP contribution in [-0.4, -0.2) is 12.5 Å². The Morgan fingerprint density at radius 2 is 1.76 bits per heavy atom. The number of nitrogens with one attached hydrogen (secondary N) is 2. The van der Waals surface area contributed by atoms with Crippen molar-refractivity contribution >= 4 is 11.6 Å². The van der Waals surface area contributed by atoms with E-state index in [0.717, 1.165) is 16.8 Å². The van der Waals surface area contributed by atoms with Crippen LogP contribution in [-0.2, 0) is 11.3 Å². The molecule has 0 bridgehead atoms. The number of hydrogen-bond acceptors (Lipinski definition) is 2. The highest BCUT2D eigenvalue weighted by Gasteiger charge is 2.04. The van der Waals surface area contributed by atoms with E-state index in [2.05, 4.69) is 35.8 Å². The fourth-order valence-corrected chi connectivity index (χ4v) is 2.21. The van der Waals surface area contributed by atoms with Gasteiger partial charge in [0, 0.05) is 12.2 Å². The summed E-state index contributed by atoms with van der Waals surface area (Å²) < 4.78 is 0. The molecule has 2 rings (SSSR count). The fourth-order valence-electron chi connectivity index (χ4n) is 2.21. The van der Waals surface area contributed by atoms with Crippen molar-refractivity contribution < 1.29 is 4.79 Å². The summed E-state index contributed by atoms with van der Waals surface area (Å²) in [5, 5.41) is 6.12. The van der Waals surface area contributed by atoms with E-state index in [1.54, 1.807) is 0 Å². The minimum Gasteiger partial charge on any atom is -0.325 e. The van der Waals surface area contributed by atoms with Gasteiger partial charge in [-0.05, 0) is 43.5 Å². The average molecular weight is 282 g/mol. The van der Waals surface area contributed by atoms with E-state index in [4.69, 9.17) is 0 Å². The molecule has 1 amide bonds. The number of aryl methyl sites for hydroxylation is 3. The molecular formula is C18H22N2O. The molecule has 0 saturated heterocycles. The van der Waals surface area contributed by atoms with Gasteiger partial charge in [-0.1, -0.05) is 42.0 Å². The summed E-state index contributed by atoms with van der Waals surface area (Å²) in [6.07, 6.45) is 0. The van der Waals surface area contributed by atoms with Gasteiger partial charge in [-0.25, -0.2) is 0 Å². The lowest BCUT2D eigenvalue weighted by molar-refractivity contribution is -0.115. The van der Waals surface area contributed by atoms with Crippen molar-refractivity contribution in [3.8, 4) is 0 Å². The molecule has 0 aliphatic heterocycles. The van der Waals surface area contributed by atoms with Crippen molar-refractivity contribution in [3.63, 3.8) is 0 Å². The van der Waals surface area contributed by atoms with Gasteiger partial charge in [-0.3, -0.25) is 4.79 Å². The molecule has 0 saturated carbocycles. The van der Waals surface area contributed by atoms with E-state index in [0.29, 0.717) is 13.1 Å². The zero-order valence-corrected chi connectivity index (χ0v) is 12.9. The summed E-state index contributed by atoms with van der Waals surface area (Å²) in [6.45, 7) is 7.08. The highest BCUT2D eigenvalue weighted by Crippen LogP contribution is 2.15. The summed E-state index contributed by atoms with van der Waals surface area (Å²) in [4.78, 5) is 12.0. The zero-order chi connectivity index (χ0) is 15.2. The largest absolute Gasteiger partial charge is 0.325 e. The van der Waals surface area contributed by atoms with Crippen molar-refractivity contribution in [2.24, 2.45) is 0 Å². The Labute approximate surface area is 126 Å². The second kappa shape index (κ2) is 7.04. The van der Waals surface area contributed by atoms with Crippen LogP contribution in [0.3, 0.4) is 0 Å². The lowest BCUT2D eigenvalue weighted by atomic mass is 10.1. The van der Waals surface area contributed by atoms with Crippen LogP contribution >= 0.6 is 0 Å². The molecule has 21 heavy (non-hydrogen) atoms. The molecule has 2 aromatic rings. The van der Waals surface area contributed by atoms with Gasteiger partial charge in [-0.15, -0.1) is 0 Å². The second-order valence-electron chi connectivity index (χ2n) is 5.46. The van der Waals surface area contributed by atoms with Crippen molar-refractivity contribution in [3.05, 3.63) is 64.7 Å². The molecule has 2 aromatic carbocycles. The van der Waals surface area contributed by atoms with Gasteiger partial charge < -0.3 is 10.6 Å². The number of hydrogen-bond donors (Lipinski definition) is 2. The van der Waals surface area contributed by atoms with Crippen LogP contribution in [0.2, 0.25) is 0 Å². The monoisotopic (exact) mass is 282 g/mol. The fraction of sp³-hybridized carbons (Fsp3) is 0.278. The number of benzene rings is 2. The van der Waals surface area contributed by atoms with E-state index in [9.17, 15) is 4.79 Å². The summed E-state index contributed by atoms with van der Waals surface area (Å²) in [6, 6.07) is 14.3. The van der Waals surface area contributed by atoms with Gasteiger partial charge in [0.15, 0.2) is 0 Å². The van der Waals surface area contributed by atoms with E-state index in [1.807, 2.05) is 38.1 Å². The third-order valence-corrected chi connectivity index (χ3v) is 3.36. The number of anilines is 1. The summed E-state index contributed by atoms with van der Waals surface area (Å²) in [5.74, 6) is -0.0173. The summed E-state index contributed by atoms with van der Waals surface area (Å²) in [5.41, 5.74) is 5.53. The maximum Gasteiger partial charge on any atom is 0.238 e. The first-order chi connectivity index (χ1) is 10.0. The number of carbonyl (C=O) groups is 1. The van der Waals surface area contributed by atoms with Crippen LogP contribution < -0.4 is 10.6 Å². The van der Waals surface area contributed by atoms with Gasteiger partial charge >= 0.3 is 0 Å². The summed E-state index contributed by atoms with van der Waals surface area (Å²) >= 11 is 0. The molecule has 3 heteroatoms. The molecule has 0 heterocycles. The quantitative estimate of drug-likeness (QED) is 0.883. The van der Waals surface area contributed by atoms with Gasteiger partial charge in [0.2, 0.25) is 5.91 Å². The Kier molecular flexibility index (Phi) is 5.12. The molecule has 0 radical (unpaired) electrons. The summed E-state index contributed by atoms with van der Waals surface area (Å²) in [7, 11) is 0. The van der Waals surface area contributed by atoms with Crippen molar-refractivity contribution in [2.45, 2.75) is 27.3 Å². The molecule has 3 nitrogen and oxygen atoms in total. The van der Waals surface area contributed by atoms with Crippen molar-refractivity contribution in [1.82, 2.24) is 5.32 Å². The van der Waals surface area contributed by atoms with Gasteiger partial charge in [0.25, 0.3) is 0 Å². The average Bonchev–Trinajstić information content (AvgIpc) is 2.43. The van der Waals surface area contributed by atoms with Gasteiger partial charge in [-0.2, -0.15) is 0 Å². The van der Waals surface area contributed by atoms with Crippen LogP contribution in [0.4, 0.5) is 5.69 Å². The molecule has 2 N–H and O–H groups in total. The van der Waals surface area contributed by atoms with Crippen LogP contribution in [0, 0.1) is 20.8 Å². The lowest BCUT2D eigenvalue weighted by Crippen LogP contribution is -2.28. The Bertz CT molecular complexity index is 635. The Morgan fingerprint density at radius 3 is 2.52 bits per heavy atom. The first kappa shape index (κ1) is 15.3. The van der Waals surface area contributed by atoms with Crippen LogP contribution in [0.25, 0.3) is 0 Å². The minimum absolute atomic E-state index is 0.0173. The maximum absolute atomic E-state index is 12.0. The zero-order valence-electron chi connectivity index (χ0n) is 12.9. The van der Waals surface area contributed by atoms with Crippen LogP contribution in [0.15, 0.2) is 42.5 Å². The SMILES string of the molecule is Cc1cccc(CNCC(=O)Nc2cc(C)ccc2C)c1. The van der Waals surface area contributed by atoms with E-state index in [1.165, 1.54) is 11.1 Å². The van der Waals surface area contributed by atoms with Crippen LogP contribution in [0.5, 0.6) is 0 Å². The third-order valence-electron chi connectivity index (χ3n) is 3.36. The number of rotatable bonds is 5. The van der Waals surface area contributed by atoms with Gasteiger partial charge in [0.1, 0.15) is 0 Å². The van der Waals surface area contributed by atoms with Crippen LogP contribution in [0.1, 0.15) is 22.3 Å². The predicted molar refractivity (Wildman–Crippen MR) is 87.4 cm³/mol. The first-order valence-electron chi connectivity index (χ1n) is 7.18. The number of carbonyl (C=O) groups excluding carboxylic acids is 1. The van der Waals surface area contributed by atoms with E-state index in [-0.39, 0.29) is 5.91 Å². The van der Waals surface area contributed by atoms with Gasteiger partial charge in [0.05, 0.1) is 6.54 Å². The molecule has 0 spiro atoms. The third kappa shape index (κ3) is 4.72. The standard InChI is InChI=1S/C18H22N2O/c1-13-5-4-6-16(9-13)11-19-12-18(21)20-17-10-14(2)7-8-15(17)3/h4-10,19H,11-12H2,1-3H3,(H,20,21). The molecule has 0 fully saturated rings. The molecular weight excluding hydrogens is 260 g/mol. The number of amides is 1. The lowest BCUT2D eigenvalue weighted by Gasteiger charge is -2.10. The van der Waals surface area contributed by atoms with E-state index < -0.39 is 0 Å². The second-order valence-corrected chi connectivity index (χ2v) is 5.46. The normalized spacial score (nSPS) is 10.4. The Hall–Kier alpha value is -2.13. The Morgan fingerprint density at radius 1 is 1.00 bits per heavy atom. The molecule has 0 aliphatic carbocycles. The Balaban J connectivity index is 1.84. The minimum atomic E-state index is -0.0173. The molecule has 110 valence electrons. The first-order valence-corrected chi connectivity index (χ1v) is 7.18. The van der Waals surface area contributed by atoms with Crippen molar-refractivity contribution in [2.75, 3.05) is 11.9 Å². The molecule has 0 aromatic heterocycles. The highest BCUT2D eigenvalue weighted by molar-refractivity contribution is 5.93. The molecule has 0 unspecified atom stereocenters. The van der Waals surface area contributed by atoms with Crippen molar-refractivity contribution in [1.29, 1.82) is 0 Å². The predicted octanol–water partition coefficient (Wildman–Crippen LogP) is 3.34. The maximum atomic E-state index is 12.0. The molecule has 0 atom stereocenters. The van der Waals surface area contributed by atoms with E-state index >= 15 is 0 Å². The smallest absolute Gasteiger partial charge is 0.238 e.